The van der Waals surface area contributed by atoms with Gasteiger partial charge in [0.2, 0.25) is 0 Å². The lowest BCUT2D eigenvalue weighted by Crippen LogP contribution is -2.27. The standard InChI is InChI=1S/C10H12ClN3O3/c1-17-10(16)8(12)5-14(13)6-2-3-7(11)9(15)4-6/h2-5,15H,12-13H2,1H3/b8-5-. The van der Waals surface area contributed by atoms with Gasteiger partial charge in [-0.25, -0.2) is 10.6 Å². The molecule has 0 spiro atoms. The predicted octanol–water partition coefficient (Wildman–Crippen LogP) is 0.699. The smallest absolute Gasteiger partial charge is 0.355 e. The Kier molecular flexibility index (Phi) is 4.19. The van der Waals surface area contributed by atoms with E-state index in [-0.39, 0.29) is 16.5 Å². The minimum atomic E-state index is -0.696. The van der Waals surface area contributed by atoms with E-state index in [4.69, 9.17) is 23.2 Å². The Balaban J connectivity index is 2.93. The molecule has 7 heteroatoms. The molecule has 0 radical (unpaired) electrons. The first kappa shape index (κ1) is 13.1. The molecular formula is C10H12ClN3O3. The maximum Gasteiger partial charge on any atom is 0.355 e. The molecular weight excluding hydrogens is 246 g/mol. The average molecular weight is 258 g/mol. The molecule has 0 aliphatic heterocycles. The molecule has 1 rings (SSSR count). The lowest BCUT2D eigenvalue weighted by atomic mass is 10.3. The van der Waals surface area contributed by atoms with Crippen LogP contribution in [0.3, 0.4) is 0 Å². The summed E-state index contributed by atoms with van der Waals surface area (Å²) in [5.74, 6) is 4.81. The first-order valence-corrected chi connectivity index (χ1v) is 4.91. The van der Waals surface area contributed by atoms with Crippen molar-refractivity contribution in [2.45, 2.75) is 0 Å². The zero-order valence-electron chi connectivity index (χ0n) is 9.05. The molecule has 1 aromatic rings. The summed E-state index contributed by atoms with van der Waals surface area (Å²) in [6.45, 7) is 0. The number of nitrogens with zero attached hydrogens (tertiary/aromatic N) is 1. The number of hydrogen-bond acceptors (Lipinski definition) is 6. The molecule has 0 fully saturated rings. The summed E-state index contributed by atoms with van der Waals surface area (Å²) < 4.78 is 4.41. The fourth-order valence-electron chi connectivity index (χ4n) is 1.06. The maximum atomic E-state index is 11.0. The number of hydrogen-bond donors (Lipinski definition) is 3. The van der Waals surface area contributed by atoms with Crippen LogP contribution in [0.5, 0.6) is 5.75 Å². The largest absolute Gasteiger partial charge is 0.506 e. The number of aromatic hydroxyl groups is 1. The molecule has 0 aliphatic carbocycles. The molecule has 17 heavy (non-hydrogen) atoms. The van der Waals surface area contributed by atoms with Crippen molar-refractivity contribution >= 4 is 23.3 Å². The van der Waals surface area contributed by atoms with Crippen LogP contribution in [0.25, 0.3) is 0 Å². The van der Waals surface area contributed by atoms with Crippen molar-refractivity contribution in [3.05, 3.63) is 35.1 Å². The third kappa shape index (κ3) is 3.27. The number of rotatable bonds is 3. The third-order valence-electron chi connectivity index (χ3n) is 1.93. The quantitative estimate of drug-likeness (QED) is 0.319. The van der Waals surface area contributed by atoms with Crippen LogP contribution < -0.4 is 16.6 Å². The zero-order valence-corrected chi connectivity index (χ0v) is 9.81. The van der Waals surface area contributed by atoms with Crippen molar-refractivity contribution in [3.63, 3.8) is 0 Å². The topological polar surface area (TPSA) is 102 Å². The minimum absolute atomic E-state index is 0.121. The Morgan fingerprint density at radius 2 is 2.24 bits per heavy atom. The van der Waals surface area contributed by atoms with Gasteiger partial charge in [0.15, 0.2) is 0 Å². The average Bonchev–Trinajstić information content (AvgIpc) is 2.31. The number of esters is 1. The number of halogens is 1. The summed E-state index contributed by atoms with van der Waals surface area (Å²) in [4.78, 5) is 11.0. The highest BCUT2D eigenvalue weighted by Crippen LogP contribution is 2.27. The van der Waals surface area contributed by atoms with Gasteiger partial charge in [-0.2, -0.15) is 0 Å². The number of phenolic OH excluding ortho intramolecular Hbond substituents is 1. The first-order valence-electron chi connectivity index (χ1n) is 4.53. The Morgan fingerprint density at radius 1 is 1.59 bits per heavy atom. The van der Waals surface area contributed by atoms with Gasteiger partial charge in [0.1, 0.15) is 11.4 Å². The number of carbonyl (C=O) groups excluding carboxylic acids is 1. The van der Waals surface area contributed by atoms with Gasteiger partial charge in [0, 0.05) is 6.07 Å². The van der Waals surface area contributed by atoms with Gasteiger partial charge in [-0.1, -0.05) is 11.6 Å². The molecule has 0 saturated carbocycles. The highest BCUT2D eigenvalue weighted by atomic mass is 35.5. The highest BCUT2D eigenvalue weighted by Gasteiger charge is 2.08. The number of carbonyl (C=O) groups is 1. The van der Waals surface area contributed by atoms with Gasteiger partial charge >= 0.3 is 5.97 Å². The number of hydrazine groups is 1. The summed E-state index contributed by atoms with van der Waals surface area (Å²) in [6, 6.07) is 4.36. The molecule has 0 amide bonds. The lowest BCUT2D eigenvalue weighted by molar-refractivity contribution is -0.136. The molecule has 1 aromatic carbocycles. The Bertz CT molecular complexity index is 462. The SMILES string of the molecule is COC(=O)/C(N)=C/N(N)c1ccc(Cl)c(O)c1. The van der Waals surface area contributed by atoms with E-state index in [1.165, 1.54) is 25.4 Å². The van der Waals surface area contributed by atoms with E-state index in [9.17, 15) is 9.90 Å². The van der Waals surface area contributed by atoms with Crippen LogP contribution in [0.1, 0.15) is 0 Å². The molecule has 0 atom stereocenters. The fourth-order valence-corrected chi connectivity index (χ4v) is 1.17. The second kappa shape index (κ2) is 5.42. The first-order chi connectivity index (χ1) is 7.95. The Hall–Kier alpha value is -1.92. The van der Waals surface area contributed by atoms with Crippen LogP contribution in [0, 0.1) is 0 Å². The van der Waals surface area contributed by atoms with Crippen LogP contribution >= 0.6 is 11.6 Å². The Morgan fingerprint density at radius 3 is 2.76 bits per heavy atom. The molecule has 0 heterocycles. The van der Waals surface area contributed by atoms with E-state index in [0.717, 1.165) is 5.01 Å². The van der Waals surface area contributed by atoms with Gasteiger partial charge in [-0.3, -0.25) is 5.01 Å². The van der Waals surface area contributed by atoms with Crippen LogP contribution in [-0.2, 0) is 9.53 Å². The number of benzene rings is 1. The lowest BCUT2D eigenvalue weighted by Gasteiger charge is -2.15. The summed E-state index contributed by atoms with van der Waals surface area (Å²) in [5, 5.41) is 10.7. The van der Waals surface area contributed by atoms with Gasteiger partial charge in [0.25, 0.3) is 0 Å². The molecule has 0 saturated heterocycles. The number of phenols is 1. The summed E-state index contributed by atoms with van der Waals surface area (Å²) in [5.41, 5.74) is 5.66. The second-order valence-corrected chi connectivity index (χ2v) is 3.53. The highest BCUT2D eigenvalue weighted by molar-refractivity contribution is 6.32. The van der Waals surface area contributed by atoms with Crippen LogP contribution in [-0.4, -0.2) is 18.2 Å². The molecule has 0 unspecified atom stereocenters. The van der Waals surface area contributed by atoms with Gasteiger partial charge in [0.05, 0.1) is 24.0 Å². The number of methoxy groups -OCH3 is 1. The second-order valence-electron chi connectivity index (χ2n) is 3.12. The van der Waals surface area contributed by atoms with Gasteiger partial charge < -0.3 is 15.6 Å². The normalized spacial score (nSPS) is 11.1. The van der Waals surface area contributed by atoms with E-state index in [0.29, 0.717) is 5.69 Å². The van der Waals surface area contributed by atoms with E-state index < -0.39 is 5.97 Å². The summed E-state index contributed by atoms with van der Waals surface area (Å²) >= 11 is 5.64. The molecule has 0 aromatic heterocycles. The van der Waals surface area contributed by atoms with Crippen molar-refractivity contribution in [2.75, 3.05) is 12.1 Å². The number of anilines is 1. The van der Waals surface area contributed by atoms with Crippen molar-refractivity contribution in [1.82, 2.24) is 0 Å². The van der Waals surface area contributed by atoms with E-state index in [1.54, 1.807) is 6.07 Å². The van der Waals surface area contributed by atoms with Crippen LogP contribution in [0.4, 0.5) is 5.69 Å². The van der Waals surface area contributed by atoms with E-state index >= 15 is 0 Å². The fraction of sp³-hybridized carbons (Fsp3) is 0.100. The van der Waals surface area contributed by atoms with Crippen molar-refractivity contribution in [3.8, 4) is 5.75 Å². The molecule has 6 nitrogen and oxygen atoms in total. The van der Waals surface area contributed by atoms with E-state index in [1.807, 2.05) is 0 Å². The van der Waals surface area contributed by atoms with Crippen LogP contribution in [0.15, 0.2) is 30.1 Å². The summed E-state index contributed by atoms with van der Waals surface area (Å²) in [7, 11) is 1.21. The van der Waals surface area contributed by atoms with E-state index in [2.05, 4.69) is 4.74 Å². The molecule has 92 valence electrons. The van der Waals surface area contributed by atoms with Gasteiger partial charge in [-0.05, 0) is 12.1 Å². The zero-order chi connectivity index (χ0) is 13.0. The monoisotopic (exact) mass is 257 g/mol. The van der Waals surface area contributed by atoms with Crippen molar-refractivity contribution in [1.29, 1.82) is 0 Å². The summed E-state index contributed by atoms with van der Waals surface area (Å²) in [6.07, 6.45) is 1.18. The third-order valence-corrected chi connectivity index (χ3v) is 2.25. The molecule has 5 N–H and O–H groups in total. The van der Waals surface area contributed by atoms with Crippen LogP contribution in [0.2, 0.25) is 5.02 Å². The van der Waals surface area contributed by atoms with Gasteiger partial charge in [-0.15, -0.1) is 0 Å². The number of ether oxygens (including phenoxy) is 1. The Labute approximate surface area is 103 Å². The maximum absolute atomic E-state index is 11.0. The van der Waals surface area contributed by atoms with Crippen molar-refractivity contribution in [2.24, 2.45) is 11.6 Å². The predicted molar refractivity (Wildman–Crippen MR) is 64.1 cm³/mol. The minimum Gasteiger partial charge on any atom is -0.506 e. The number of nitrogens with two attached hydrogens (primary N) is 2. The molecule has 0 bridgehead atoms. The van der Waals surface area contributed by atoms with Crippen molar-refractivity contribution < 1.29 is 14.6 Å². The molecule has 0 aliphatic rings.